The molecule has 106 valence electrons. The summed E-state index contributed by atoms with van der Waals surface area (Å²) in [4.78, 5) is 24.3. The van der Waals surface area contributed by atoms with E-state index in [2.05, 4.69) is 30.9 Å². The van der Waals surface area contributed by atoms with Gasteiger partial charge in [0, 0.05) is 5.92 Å². The fraction of sp³-hybridized carbons (Fsp3) is 0.364. The van der Waals surface area contributed by atoms with Gasteiger partial charge in [0.1, 0.15) is 5.82 Å². The SMILES string of the molecule is Cc1noc(NC(=O)c2nc(C(C)C)ncc2NN)n1. The van der Waals surface area contributed by atoms with E-state index in [0.29, 0.717) is 17.3 Å². The average molecular weight is 277 g/mol. The lowest BCUT2D eigenvalue weighted by Crippen LogP contribution is -2.20. The van der Waals surface area contributed by atoms with Gasteiger partial charge < -0.3 is 9.95 Å². The molecule has 0 radical (unpaired) electrons. The van der Waals surface area contributed by atoms with Crippen LogP contribution < -0.4 is 16.6 Å². The van der Waals surface area contributed by atoms with Crippen LogP contribution in [0.25, 0.3) is 0 Å². The maximum atomic E-state index is 12.2. The Morgan fingerprint density at radius 3 is 2.70 bits per heavy atom. The minimum Gasteiger partial charge on any atom is -0.321 e. The standard InChI is InChI=1S/C11H15N7O2/c1-5(2)9-13-4-7(17-12)8(15-9)10(19)16-11-14-6(3)18-20-11/h4-5,17H,12H2,1-3H3,(H,14,16,18,19). The van der Waals surface area contributed by atoms with Gasteiger partial charge in [-0.05, 0) is 6.92 Å². The number of nitrogens with zero attached hydrogens (tertiary/aromatic N) is 4. The van der Waals surface area contributed by atoms with Gasteiger partial charge >= 0.3 is 6.01 Å². The summed E-state index contributed by atoms with van der Waals surface area (Å²) >= 11 is 0. The lowest BCUT2D eigenvalue weighted by molar-refractivity contribution is 0.101. The van der Waals surface area contributed by atoms with Crippen molar-refractivity contribution in [2.24, 2.45) is 5.84 Å². The Kier molecular flexibility index (Phi) is 3.89. The van der Waals surface area contributed by atoms with Crippen LogP contribution in [0.5, 0.6) is 0 Å². The normalized spacial score (nSPS) is 10.7. The second-order valence-electron chi connectivity index (χ2n) is 4.39. The van der Waals surface area contributed by atoms with E-state index in [-0.39, 0.29) is 17.6 Å². The molecule has 2 heterocycles. The van der Waals surface area contributed by atoms with Crippen molar-refractivity contribution in [3.63, 3.8) is 0 Å². The highest BCUT2D eigenvalue weighted by Crippen LogP contribution is 2.16. The highest BCUT2D eigenvalue weighted by molar-refractivity contribution is 6.05. The van der Waals surface area contributed by atoms with E-state index in [1.807, 2.05) is 13.8 Å². The third-order valence-corrected chi connectivity index (χ3v) is 2.44. The zero-order chi connectivity index (χ0) is 14.7. The van der Waals surface area contributed by atoms with Crippen LogP contribution in [0, 0.1) is 6.92 Å². The number of nitrogens with two attached hydrogens (primary N) is 1. The van der Waals surface area contributed by atoms with Gasteiger partial charge in [0.15, 0.2) is 11.5 Å². The van der Waals surface area contributed by atoms with Crippen molar-refractivity contribution in [3.8, 4) is 0 Å². The number of hydrazine groups is 1. The van der Waals surface area contributed by atoms with E-state index in [1.54, 1.807) is 6.92 Å². The van der Waals surface area contributed by atoms with Gasteiger partial charge in [0.05, 0.1) is 11.9 Å². The molecule has 20 heavy (non-hydrogen) atoms. The van der Waals surface area contributed by atoms with Gasteiger partial charge in [-0.2, -0.15) is 4.98 Å². The molecule has 0 unspecified atom stereocenters. The van der Waals surface area contributed by atoms with Crippen molar-refractivity contribution < 1.29 is 9.32 Å². The number of hydrogen-bond acceptors (Lipinski definition) is 8. The predicted octanol–water partition coefficient (Wildman–Crippen LogP) is 0.829. The van der Waals surface area contributed by atoms with Gasteiger partial charge in [-0.25, -0.2) is 9.97 Å². The van der Waals surface area contributed by atoms with Crippen molar-refractivity contribution in [1.29, 1.82) is 0 Å². The average Bonchev–Trinajstić information content (AvgIpc) is 2.83. The van der Waals surface area contributed by atoms with Gasteiger partial charge in [-0.1, -0.05) is 19.0 Å². The van der Waals surface area contributed by atoms with Crippen LogP contribution in [-0.4, -0.2) is 26.0 Å². The number of rotatable bonds is 4. The number of aryl methyl sites for hydroxylation is 1. The molecule has 0 aromatic carbocycles. The van der Waals surface area contributed by atoms with Crippen LogP contribution >= 0.6 is 0 Å². The highest BCUT2D eigenvalue weighted by Gasteiger charge is 2.18. The van der Waals surface area contributed by atoms with Crippen LogP contribution in [0.1, 0.15) is 41.9 Å². The zero-order valence-electron chi connectivity index (χ0n) is 11.3. The molecule has 0 atom stereocenters. The second-order valence-corrected chi connectivity index (χ2v) is 4.39. The van der Waals surface area contributed by atoms with Gasteiger partial charge in [-0.3, -0.25) is 16.0 Å². The van der Waals surface area contributed by atoms with Crippen LogP contribution in [0.4, 0.5) is 11.7 Å². The molecule has 9 heteroatoms. The summed E-state index contributed by atoms with van der Waals surface area (Å²) in [7, 11) is 0. The smallest absolute Gasteiger partial charge is 0.321 e. The van der Waals surface area contributed by atoms with Crippen molar-refractivity contribution in [2.75, 3.05) is 10.7 Å². The molecule has 2 rings (SSSR count). The molecule has 4 N–H and O–H groups in total. The Morgan fingerprint density at radius 2 is 2.15 bits per heavy atom. The number of aromatic nitrogens is 4. The van der Waals surface area contributed by atoms with E-state index in [9.17, 15) is 4.79 Å². The summed E-state index contributed by atoms with van der Waals surface area (Å²) in [6, 6.07) is 0.000167. The molecule has 0 aliphatic heterocycles. The molecule has 0 aliphatic carbocycles. The molecule has 0 saturated heterocycles. The summed E-state index contributed by atoms with van der Waals surface area (Å²) in [6.07, 6.45) is 1.45. The summed E-state index contributed by atoms with van der Waals surface area (Å²) in [5, 5.41) is 6.03. The first-order valence-corrected chi connectivity index (χ1v) is 5.96. The number of carbonyl (C=O) groups excluding carboxylic acids is 1. The second kappa shape index (κ2) is 5.61. The molecule has 0 fully saturated rings. The monoisotopic (exact) mass is 277 g/mol. The van der Waals surface area contributed by atoms with Gasteiger partial charge in [-0.15, -0.1) is 0 Å². The maximum Gasteiger partial charge on any atom is 0.328 e. The van der Waals surface area contributed by atoms with E-state index in [0.717, 1.165) is 0 Å². The third-order valence-electron chi connectivity index (χ3n) is 2.44. The number of nitrogens with one attached hydrogen (secondary N) is 2. The topological polar surface area (TPSA) is 132 Å². The minimum absolute atomic E-state index is 0.000167. The number of hydrogen-bond donors (Lipinski definition) is 3. The predicted molar refractivity (Wildman–Crippen MR) is 70.9 cm³/mol. The number of anilines is 2. The van der Waals surface area contributed by atoms with E-state index in [4.69, 9.17) is 10.4 Å². The first-order valence-electron chi connectivity index (χ1n) is 5.96. The van der Waals surface area contributed by atoms with Crippen LogP contribution in [0.3, 0.4) is 0 Å². The minimum atomic E-state index is -0.508. The Bertz CT molecular complexity index is 623. The van der Waals surface area contributed by atoms with E-state index in [1.165, 1.54) is 6.20 Å². The molecule has 0 saturated carbocycles. The summed E-state index contributed by atoms with van der Waals surface area (Å²) in [5.74, 6) is 5.88. The summed E-state index contributed by atoms with van der Waals surface area (Å²) in [6.45, 7) is 5.50. The molecule has 0 aliphatic rings. The first-order chi connectivity index (χ1) is 9.51. The lowest BCUT2D eigenvalue weighted by atomic mass is 10.2. The maximum absolute atomic E-state index is 12.2. The molecule has 2 aromatic heterocycles. The Morgan fingerprint density at radius 1 is 1.40 bits per heavy atom. The number of nitrogen functional groups attached to an aromatic ring is 1. The zero-order valence-corrected chi connectivity index (χ0v) is 11.3. The van der Waals surface area contributed by atoms with Crippen molar-refractivity contribution >= 4 is 17.6 Å². The fourth-order valence-electron chi connectivity index (χ4n) is 1.46. The largest absolute Gasteiger partial charge is 0.328 e. The molecule has 9 nitrogen and oxygen atoms in total. The Balaban J connectivity index is 2.29. The van der Waals surface area contributed by atoms with E-state index >= 15 is 0 Å². The van der Waals surface area contributed by atoms with Crippen LogP contribution in [-0.2, 0) is 0 Å². The molecular weight excluding hydrogens is 262 g/mol. The van der Waals surface area contributed by atoms with Crippen molar-refractivity contribution in [2.45, 2.75) is 26.7 Å². The van der Waals surface area contributed by atoms with Gasteiger partial charge in [0.2, 0.25) is 0 Å². The lowest BCUT2D eigenvalue weighted by Gasteiger charge is -2.10. The van der Waals surface area contributed by atoms with Crippen molar-refractivity contribution in [1.82, 2.24) is 20.1 Å². The Hall–Kier alpha value is -2.55. The number of carbonyl (C=O) groups is 1. The third kappa shape index (κ3) is 2.88. The van der Waals surface area contributed by atoms with Crippen molar-refractivity contribution in [3.05, 3.63) is 23.5 Å². The Labute approximate surface area is 115 Å². The van der Waals surface area contributed by atoms with E-state index < -0.39 is 5.91 Å². The molecule has 2 aromatic rings. The van der Waals surface area contributed by atoms with Crippen LogP contribution in [0.2, 0.25) is 0 Å². The highest BCUT2D eigenvalue weighted by atomic mass is 16.5. The summed E-state index contributed by atoms with van der Waals surface area (Å²) < 4.78 is 4.82. The molecule has 1 amide bonds. The number of amides is 1. The van der Waals surface area contributed by atoms with Gasteiger partial charge in [0.25, 0.3) is 5.91 Å². The molecule has 0 bridgehead atoms. The fourth-order valence-corrected chi connectivity index (χ4v) is 1.46. The quantitative estimate of drug-likeness (QED) is 0.553. The molecule has 0 spiro atoms. The first kappa shape index (κ1) is 13.9. The molecular formula is C11H15N7O2. The summed E-state index contributed by atoms with van der Waals surface area (Å²) in [5.41, 5.74) is 2.80. The van der Waals surface area contributed by atoms with Crippen LogP contribution in [0.15, 0.2) is 10.7 Å².